The molecule has 1 aromatic carbocycles. The highest BCUT2D eigenvalue weighted by molar-refractivity contribution is 7.89. The van der Waals surface area contributed by atoms with Crippen molar-refractivity contribution in [3.63, 3.8) is 0 Å². The molecule has 40 heavy (non-hydrogen) atoms. The zero-order valence-electron chi connectivity index (χ0n) is 24.2. The molecule has 0 saturated heterocycles. The topological polar surface area (TPSA) is 140 Å². The Balaban J connectivity index is 2.11. The molecule has 0 amide bonds. The average molecular weight is 577 g/mol. The number of H-pyrrole nitrogens is 1. The molecule has 13 heteroatoms. The minimum atomic E-state index is -4.02. The van der Waals surface area contributed by atoms with Gasteiger partial charge in [0, 0.05) is 33.6 Å². The molecule has 2 heterocycles. The Morgan fingerprint density at radius 3 is 2.45 bits per heavy atom. The Morgan fingerprint density at radius 1 is 1.10 bits per heavy atom. The average Bonchev–Trinajstić information content (AvgIpc) is 3.23. The number of carbonyl (C=O) groups excluding carboxylic acids is 1. The molecular weight excluding hydrogens is 536 g/mol. The Hall–Kier alpha value is -3.29. The second-order valence-corrected chi connectivity index (χ2v) is 11.2. The highest BCUT2D eigenvalue weighted by Crippen LogP contribution is 2.32. The van der Waals surface area contributed by atoms with Crippen molar-refractivity contribution in [1.82, 2.24) is 29.0 Å². The summed E-state index contributed by atoms with van der Waals surface area (Å²) in [6.07, 6.45) is 1.47. The summed E-state index contributed by atoms with van der Waals surface area (Å²) >= 11 is 0. The lowest BCUT2D eigenvalue weighted by molar-refractivity contribution is -0.141. The van der Waals surface area contributed by atoms with Gasteiger partial charge in [-0.25, -0.2) is 13.4 Å². The number of benzene rings is 1. The van der Waals surface area contributed by atoms with E-state index in [0.717, 1.165) is 19.5 Å². The molecule has 0 bridgehead atoms. The number of hydrogen-bond acceptors (Lipinski definition) is 9. The number of ether oxygens (including phenoxy) is 2. The van der Waals surface area contributed by atoms with Crippen LogP contribution in [0.2, 0.25) is 0 Å². The van der Waals surface area contributed by atoms with Crippen molar-refractivity contribution in [2.24, 2.45) is 7.05 Å². The fourth-order valence-electron chi connectivity index (χ4n) is 4.50. The molecule has 220 valence electrons. The van der Waals surface area contributed by atoms with E-state index in [1.807, 2.05) is 27.7 Å². The van der Waals surface area contributed by atoms with Crippen LogP contribution in [0.15, 0.2) is 27.9 Å². The van der Waals surface area contributed by atoms with Gasteiger partial charge in [-0.3, -0.25) is 14.3 Å². The van der Waals surface area contributed by atoms with Gasteiger partial charge in [0.05, 0.1) is 22.8 Å². The molecule has 3 rings (SSSR count). The Bertz CT molecular complexity index is 1480. The van der Waals surface area contributed by atoms with Gasteiger partial charge in [0.1, 0.15) is 23.7 Å². The van der Waals surface area contributed by atoms with Crippen molar-refractivity contribution < 1.29 is 22.7 Å². The molecule has 0 unspecified atom stereocenters. The standard InChI is InChI=1S/C27H40N6O6S/c1-7-11-22-24-25(31(6)30-22)27(35)29-26(28-24)21-18-20(12-13-23(21)38-10-4)40(36,37)33(16-17-39-19(5)34)15-14-32(8-2)9-3/h12-13,18H,7-11,14-17H2,1-6H3,(H,28,29,35). The third-order valence-corrected chi connectivity index (χ3v) is 8.49. The van der Waals surface area contributed by atoms with Crippen molar-refractivity contribution in [3.05, 3.63) is 34.2 Å². The highest BCUT2D eigenvalue weighted by Gasteiger charge is 2.27. The lowest BCUT2D eigenvalue weighted by Gasteiger charge is -2.26. The number of sulfonamides is 1. The van der Waals surface area contributed by atoms with E-state index in [1.54, 1.807) is 13.1 Å². The fraction of sp³-hybridized carbons (Fsp3) is 0.556. The third-order valence-electron chi connectivity index (χ3n) is 6.60. The number of fused-ring (bicyclic) bond motifs is 1. The number of nitrogens with zero attached hydrogens (tertiary/aromatic N) is 5. The minimum absolute atomic E-state index is 0.00281. The maximum atomic E-state index is 13.9. The first-order chi connectivity index (χ1) is 19.1. The quantitative estimate of drug-likeness (QED) is 0.270. The largest absolute Gasteiger partial charge is 0.493 e. The van der Waals surface area contributed by atoms with Gasteiger partial charge in [0.25, 0.3) is 5.56 Å². The molecule has 2 aromatic heterocycles. The smallest absolute Gasteiger partial charge is 0.302 e. The van der Waals surface area contributed by atoms with Crippen LogP contribution in [0.3, 0.4) is 0 Å². The third kappa shape index (κ3) is 7.07. The number of hydrogen-bond donors (Lipinski definition) is 1. The van der Waals surface area contributed by atoms with Gasteiger partial charge in [0.2, 0.25) is 10.0 Å². The predicted octanol–water partition coefficient (Wildman–Crippen LogP) is 2.57. The first-order valence-electron chi connectivity index (χ1n) is 13.7. The van der Waals surface area contributed by atoms with Crippen LogP contribution in [0, 0.1) is 0 Å². The summed E-state index contributed by atoms with van der Waals surface area (Å²) in [6.45, 7) is 11.7. The van der Waals surface area contributed by atoms with Crippen molar-refractivity contribution in [2.75, 3.05) is 45.9 Å². The molecule has 12 nitrogen and oxygen atoms in total. The van der Waals surface area contributed by atoms with Crippen molar-refractivity contribution in [2.45, 2.75) is 52.4 Å². The van der Waals surface area contributed by atoms with Crippen LogP contribution in [0.4, 0.5) is 0 Å². The van der Waals surface area contributed by atoms with E-state index in [0.29, 0.717) is 47.6 Å². The molecule has 0 aliphatic carbocycles. The van der Waals surface area contributed by atoms with Gasteiger partial charge in [0.15, 0.2) is 5.52 Å². The van der Waals surface area contributed by atoms with Gasteiger partial charge in [-0.05, 0) is 44.6 Å². The van der Waals surface area contributed by atoms with Gasteiger partial charge < -0.3 is 19.4 Å². The highest BCUT2D eigenvalue weighted by atomic mass is 32.2. The van der Waals surface area contributed by atoms with Crippen LogP contribution in [-0.4, -0.2) is 89.3 Å². The van der Waals surface area contributed by atoms with Crippen LogP contribution < -0.4 is 10.3 Å². The van der Waals surface area contributed by atoms with Crippen LogP contribution in [0.5, 0.6) is 5.75 Å². The van der Waals surface area contributed by atoms with E-state index in [9.17, 15) is 18.0 Å². The summed E-state index contributed by atoms with van der Waals surface area (Å²) in [4.78, 5) is 34.0. The summed E-state index contributed by atoms with van der Waals surface area (Å²) in [5, 5.41) is 4.46. The van der Waals surface area contributed by atoms with Crippen LogP contribution in [-0.2, 0) is 33.0 Å². The maximum Gasteiger partial charge on any atom is 0.302 e. The molecule has 3 aromatic rings. The summed E-state index contributed by atoms with van der Waals surface area (Å²) in [7, 11) is -2.32. The SMILES string of the molecule is CCCc1nn(C)c2c(=O)[nH]c(-c3cc(S(=O)(=O)N(CCOC(C)=O)CCN(CC)CC)ccc3OCC)nc12. The van der Waals surface area contributed by atoms with E-state index in [1.165, 1.54) is 28.0 Å². The number of carbonyl (C=O) groups is 1. The fourth-order valence-corrected chi connectivity index (χ4v) is 5.94. The number of aromatic amines is 1. The maximum absolute atomic E-state index is 13.9. The van der Waals surface area contributed by atoms with Gasteiger partial charge in [-0.1, -0.05) is 27.2 Å². The zero-order valence-corrected chi connectivity index (χ0v) is 25.0. The summed E-state index contributed by atoms with van der Waals surface area (Å²) < 4.78 is 41.5. The minimum Gasteiger partial charge on any atom is -0.493 e. The Kier molecular flexibility index (Phi) is 10.8. The number of aryl methyl sites for hydroxylation is 2. The monoisotopic (exact) mass is 576 g/mol. The van der Waals surface area contributed by atoms with Gasteiger partial charge in [-0.2, -0.15) is 9.40 Å². The second-order valence-electron chi connectivity index (χ2n) is 9.29. The van der Waals surface area contributed by atoms with Crippen molar-refractivity contribution in [3.8, 4) is 17.1 Å². The molecule has 0 radical (unpaired) electrons. The molecule has 0 fully saturated rings. The summed E-state index contributed by atoms with van der Waals surface area (Å²) in [5.41, 5.74) is 1.48. The second kappa shape index (κ2) is 13.9. The van der Waals surface area contributed by atoms with E-state index in [-0.39, 0.29) is 36.0 Å². The van der Waals surface area contributed by atoms with E-state index < -0.39 is 16.0 Å². The number of likely N-dealkylation sites (N-methyl/N-ethyl adjacent to an activating group) is 1. The summed E-state index contributed by atoms with van der Waals surface area (Å²) in [5.74, 6) is 0.102. The van der Waals surface area contributed by atoms with E-state index in [4.69, 9.17) is 14.5 Å². The van der Waals surface area contributed by atoms with Gasteiger partial charge in [-0.15, -0.1) is 0 Å². The number of aromatic nitrogens is 4. The van der Waals surface area contributed by atoms with Gasteiger partial charge >= 0.3 is 5.97 Å². The summed E-state index contributed by atoms with van der Waals surface area (Å²) in [6, 6.07) is 4.51. The normalized spacial score (nSPS) is 12.0. The first-order valence-corrected chi connectivity index (χ1v) is 15.1. The van der Waals surface area contributed by atoms with Crippen LogP contribution in [0.25, 0.3) is 22.4 Å². The van der Waals surface area contributed by atoms with E-state index in [2.05, 4.69) is 15.0 Å². The van der Waals surface area contributed by atoms with E-state index >= 15 is 0 Å². The van der Waals surface area contributed by atoms with Crippen molar-refractivity contribution >= 4 is 27.0 Å². The molecule has 0 aliphatic rings. The number of nitrogens with one attached hydrogen (secondary N) is 1. The Labute approximate surface area is 235 Å². The lowest BCUT2D eigenvalue weighted by atomic mass is 10.1. The number of rotatable bonds is 15. The Morgan fingerprint density at radius 2 is 1.82 bits per heavy atom. The van der Waals surface area contributed by atoms with Crippen molar-refractivity contribution in [1.29, 1.82) is 0 Å². The zero-order chi connectivity index (χ0) is 29.4. The number of esters is 1. The molecule has 0 atom stereocenters. The van der Waals surface area contributed by atoms with Crippen LogP contribution >= 0.6 is 0 Å². The molecule has 1 N–H and O–H groups in total. The lowest BCUT2D eigenvalue weighted by Crippen LogP contribution is -2.40. The van der Waals surface area contributed by atoms with Crippen LogP contribution in [0.1, 0.15) is 46.7 Å². The molecule has 0 spiro atoms. The molecular formula is C27H40N6O6S. The molecule has 0 aliphatic heterocycles. The predicted molar refractivity (Wildman–Crippen MR) is 153 cm³/mol. The first kappa shape index (κ1) is 31.2. The molecule has 0 saturated carbocycles.